The molecule has 8 heteroatoms. The van der Waals surface area contributed by atoms with Gasteiger partial charge in [0.15, 0.2) is 0 Å². The minimum Gasteiger partial charge on any atom is -0.497 e. The van der Waals surface area contributed by atoms with Crippen LogP contribution >= 0.6 is 0 Å². The first kappa shape index (κ1) is 25.1. The minimum atomic E-state index is -0.521. The van der Waals surface area contributed by atoms with Gasteiger partial charge in [-0.05, 0) is 76.6 Å². The van der Waals surface area contributed by atoms with Crippen molar-refractivity contribution < 1.29 is 19.1 Å². The number of likely N-dealkylation sites (tertiary alicyclic amines) is 2. The van der Waals surface area contributed by atoms with Crippen molar-refractivity contribution in [3.05, 3.63) is 41.7 Å². The highest BCUT2D eigenvalue weighted by Crippen LogP contribution is 2.34. The number of rotatable bonds is 4. The van der Waals surface area contributed by atoms with E-state index in [0.29, 0.717) is 24.6 Å². The van der Waals surface area contributed by atoms with Gasteiger partial charge in [-0.3, -0.25) is 4.79 Å². The number of ether oxygens (including phenoxy) is 2. The largest absolute Gasteiger partial charge is 0.497 e. The number of piperidine rings is 2. The van der Waals surface area contributed by atoms with Gasteiger partial charge in [-0.15, -0.1) is 0 Å². The molecule has 0 N–H and O–H groups in total. The van der Waals surface area contributed by atoms with E-state index in [0.717, 1.165) is 55.9 Å². The van der Waals surface area contributed by atoms with Gasteiger partial charge in [0, 0.05) is 32.1 Å². The van der Waals surface area contributed by atoms with Gasteiger partial charge in [0.05, 0.1) is 30.3 Å². The lowest BCUT2D eigenvalue weighted by molar-refractivity contribution is 0.0202. The lowest BCUT2D eigenvalue weighted by atomic mass is 9.90. The molecule has 2 fully saturated rings. The molecule has 190 valence electrons. The fourth-order valence-corrected chi connectivity index (χ4v) is 4.89. The molecule has 2 aliphatic heterocycles. The molecule has 1 aromatic carbocycles. The molecule has 2 aromatic rings. The van der Waals surface area contributed by atoms with Crippen molar-refractivity contribution in [1.29, 1.82) is 0 Å². The predicted octanol–water partition coefficient (Wildman–Crippen LogP) is 4.87. The number of hydrogen-bond acceptors (Lipinski definition) is 5. The molecule has 0 saturated carbocycles. The van der Waals surface area contributed by atoms with Crippen LogP contribution in [0, 0.1) is 5.92 Å². The summed E-state index contributed by atoms with van der Waals surface area (Å²) in [6, 6.07) is 7.73. The van der Waals surface area contributed by atoms with Crippen molar-refractivity contribution in [3.8, 4) is 11.4 Å². The third-order valence-electron chi connectivity index (χ3n) is 6.96. The Kier molecular flexibility index (Phi) is 7.38. The molecule has 0 radical (unpaired) electrons. The molecule has 0 bridgehead atoms. The number of methoxy groups -OCH3 is 1. The zero-order chi connectivity index (χ0) is 25.2. The molecule has 2 saturated heterocycles. The smallest absolute Gasteiger partial charge is 0.410 e. The van der Waals surface area contributed by atoms with Gasteiger partial charge < -0.3 is 19.3 Å². The molecule has 0 spiro atoms. The second-order valence-corrected chi connectivity index (χ2v) is 10.8. The van der Waals surface area contributed by atoms with E-state index >= 15 is 0 Å². The van der Waals surface area contributed by atoms with Gasteiger partial charge in [0.2, 0.25) is 0 Å². The van der Waals surface area contributed by atoms with Crippen LogP contribution in [0.15, 0.2) is 30.5 Å². The van der Waals surface area contributed by atoms with Crippen LogP contribution in [0.2, 0.25) is 0 Å². The van der Waals surface area contributed by atoms with E-state index in [1.54, 1.807) is 18.2 Å². The predicted molar refractivity (Wildman–Crippen MR) is 134 cm³/mol. The molecule has 0 atom stereocenters. The maximum Gasteiger partial charge on any atom is 0.410 e. The summed E-state index contributed by atoms with van der Waals surface area (Å²) >= 11 is 0. The quantitative estimate of drug-likeness (QED) is 0.622. The van der Waals surface area contributed by atoms with E-state index in [4.69, 9.17) is 9.47 Å². The van der Waals surface area contributed by atoms with Crippen molar-refractivity contribution in [3.63, 3.8) is 0 Å². The van der Waals surface area contributed by atoms with Crippen LogP contribution in [0.5, 0.6) is 5.75 Å². The number of carbonyl (C=O) groups excluding carboxylic acids is 2. The van der Waals surface area contributed by atoms with E-state index in [-0.39, 0.29) is 17.9 Å². The number of nitrogens with zero attached hydrogens (tertiary/aromatic N) is 4. The second-order valence-electron chi connectivity index (χ2n) is 10.8. The number of aromatic nitrogens is 2. The van der Waals surface area contributed by atoms with E-state index in [9.17, 15) is 9.59 Å². The minimum absolute atomic E-state index is 0.0567. The first-order valence-corrected chi connectivity index (χ1v) is 12.7. The summed E-state index contributed by atoms with van der Waals surface area (Å²) in [5.74, 6) is 1.59. The molecule has 0 aliphatic carbocycles. The van der Waals surface area contributed by atoms with Gasteiger partial charge in [-0.25, -0.2) is 9.48 Å². The van der Waals surface area contributed by atoms with E-state index in [1.807, 2.05) is 54.6 Å². The lowest BCUT2D eigenvalue weighted by Crippen LogP contribution is -2.42. The lowest BCUT2D eigenvalue weighted by Gasteiger charge is -2.34. The highest BCUT2D eigenvalue weighted by molar-refractivity contribution is 5.95. The van der Waals surface area contributed by atoms with Crippen LogP contribution in [-0.2, 0) is 4.74 Å². The topological polar surface area (TPSA) is 76.9 Å². The first-order valence-electron chi connectivity index (χ1n) is 12.7. The van der Waals surface area contributed by atoms with Gasteiger partial charge >= 0.3 is 6.09 Å². The molecule has 8 nitrogen and oxygen atoms in total. The monoisotopic (exact) mass is 482 g/mol. The average Bonchev–Trinajstić information content (AvgIpc) is 3.28. The highest BCUT2D eigenvalue weighted by Gasteiger charge is 2.33. The second kappa shape index (κ2) is 10.3. The molecule has 2 amide bonds. The highest BCUT2D eigenvalue weighted by atomic mass is 16.6. The molecule has 3 heterocycles. The van der Waals surface area contributed by atoms with Crippen LogP contribution in [0.4, 0.5) is 4.79 Å². The van der Waals surface area contributed by atoms with Gasteiger partial charge in [0.1, 0.15) is 11.4 Å². The van der Waals surface area contributed by atoms with Crippen molar-refractivity contribution in [2.75, 3.05) is 33.3 Å². The molecular formula is C27H38N4O4. The normalized spacial score (nSPS) is 18.0. The zero-order valence-electron chi connectivity index (χ0n) is 21.6. The van der Waals surface area contributed by atoms with Crippen LogP contribution in [-0.4, -0.2) is 70.5 Å². The molecular weight excluding hydrogens is 444 g/mol. The van der Waals surface area contributed by atoms with Gasteiger partial charge in [0.25, 0.3) is 5.91 Å². The summed E-state index contributed by atoms with van der Waals surface area (Å²) in [4.78, 5) is 29.9. The molecule has 2 aliphatic rings. The summed E-state index contributed by atoms with van der Waals surface area (Å²) in [5, 5.41) is 4.67. The number of carbonyl (C=O) groups is 2. The van der Waals surface area contributed by atoms with Crippen LogP contribution in [0.1, 0.15) is 75.3 Å². The Morgan fingerprint density at radius 3 is 2.11 bits per heavy atom. The first-order chi connectivity index (χ1) is 16.7. The maximum atomic E-state index is 13.6. The van der Waals surface area contributed by atoms with E-state index in [2.05, 4.69) is 12.0 Å². The Labute approximate surface area is 208 Å². The number of hydrogen-bond donors (Lipinski definition) is 0. The number of amides is 2. The summed E-state index contributed by atoms with van der Waals surface area (Å²) in [6.45, 7) is 10.6. The summed E-state index contributed by atoms with van der Waals surface area (Å²) in [5.41, 5.74) is 1.97. The Bertz CT molecular complexity index is 1020. The maximum absolute atomic E-state index is 13.6. The summed E-state index contributed by atoms with van der Waals surface area (Å²) < 4.78 is 12.8. The fourth-order valence-electron chi connectivity index (χ4n) is 4.89. The Morgan fingerprint density at radius 1 is 0.943 bits per heavy atom. The van der Waals surface area contributed by atoms with Crippen LogP contribution in [0.3, 0.4) is 0 Å². The Hall–Kier alpha value is -3.03. The number of benzene rings is 1. The van der Waals surface area contributed by atoms with Crippen LogP contribution in [0.25, 0.3) is 5.69 Å². The third-order valence-corrected chi connectivity index (χ3v) is 6.96. The van der Waals surface area contributed by atoms with Gasteiger partial charge in [-0.2, -0.15) is 5.10 Å². The standard InChI is InChI=1S/C27H38N4O4/c1-19-10-14-29(15-11-19)25(32)23-18-28-31(21-6-8-22(34-5)9-7-21)24(23)20-12-16-30(17-13-20)26(33)35-27(2,3)4/h6-9,18-20H,10-17H2,1-5H3. The fraction of sp³-hybridized carbons (Fsp3) is 0.593. The van der Waals surface area contributed by atoms with Gasteiger partial charge in [-0.1, -0.05) is 6.92 Å². The Morgan fingerprint density at radius 2 is 1.54 bits per heavy atom. The van der Waals surface area contributed by atoms with E-state index in [1.165, 1.54) is 0 Å². The molecule has 0 unspecified atom stereocenters. The SMILES string of the molecule is COc1ccc(-n2ncc(C(=O)N3CCC(C)CC3)c2C2CCN(C(=O)OC(C)(C)C)CC2)cc1. The third kappa shape index (κ3) is 5.80. The molecule has 35 heavy (non-hydrogen) atoms. The van der Waals surface area contributed by atoms with Crippen molar-refractivity contribution in [2.45, 2.75) is 64.9 Å². The Balaban J connectivity index is 1.60. The van der Waals surface area contributed by atoms with Crippen molar-refractivity contribution in [1.82, 2.24) is 19.6 Å². The van der Waals surface area contributed by atoms with Crippen LogP contribution < -0.4 is 4.74 Å². The van der Waals surface area contributed by atoms with Crippen molar-refractivity contribution >= 4 is 12.0 Å². The summed E-state index contributed by atoms with van der Waals surface area (Å²) in [6.07, 6.45) is 5.00. The average molecular weight is 483 g/mol. The van der Waals surface area contributed by atoms with Crippen molar-refractivity contribution in [2.24, 2.45) is 5.92 Å². The van der Waals surface area contributed by atoms with E-state index < -0.39 is 5.60 Å². The zero-order valence-corrected chi connectivity index (χ0v) is 21.6. The molecule has 1 aromatic heterocycles. The molecule has 4 rings (SSSR count). The summed E-state index contributed by atoms with van der Waals surface area (Å²) in [7, 11) is 1.64.